The van der Waals surface area contributed by atoms with Gasteiger partial charge < -0.3 is 4.74 Å². The van der Waals surface area contributed by atoms with Crippen LogP contribution in [0.4, 0.5) is 0 Å². The molecule has 0 radical (unpaired) electrons. The fourth-order valence-corrected chi connectivity index (χ4v) is 2.74. The summed E-state index contributed by atoms with van der Waals surface area (Å²) in [5.41, 5.74) is 0.945. The van der Waals surface area contributed by atoms with E-state index in [1.165, 1.54) is 0 Å². The molecular formula is C13H20O7S2. The van der Waals surface area contributed by atoms with Crippen molar-refractivity contribution in [1.82, 2.24) is 0 Å². The molecule has 0 bridgehead atoms. The third-order valence-corrected chi connectivity index (χ3v) is 4.08. The van der Waals surface area contributed by atoms with Gasteiger partial charge >= 0.3 is 0 Å². The van der Waals surface area contributed by atoms with Gasteiger partial charge in [-0.15, -0.1) is 0 Å². The van der Waals surface area contributed by atoms with Crippen LogP contribution in [-0.2, 0) is 35.8 Å². The molecule has 9 heteroatoms. The van der Waals surface area contributed by atoms with Gasteiger partial charge in [-0.25, -0.2) is 0 Å². The number of rotatable bonds is 10. The van der Waals surface area contributed by atoms with Gasteiger partial charge in [0.2, 0.25) is 0 Å². The van der Waals surface area contributed by atoms with Crippen LogP contribution in [0.2, 0.25) is 0 Å². The highest BCUT2D eigenvalue weighted by molar-refractivity contribution is 7.86. The second-order valence-corrected chi connectivity index (χ2v) is 8.15. The van der Waals surface area contributed by atoms with Crippen molar-refractivity contribution in [3.05, 3.63) is 35.9 Å². The Bertz CT molecular complexity index is 602. The highest BCUT2D eigenvalue weighted by Gasteiger charge is 2.16. The van der Waals surface area contributed by atoms with Crippen molar-refractivity contribution in [2.24, 2.45) is 5.92 Å². The molecule has 1 atom stereocenters. The van der Waals surface area contributed by atoms with E-state index in [0.29, 0.717) is 6.61 Å². The van der Waals surface area contributed by atoms with Crippen molar-refractivity contribution in [1.29, 1.82) is 0 Å². The summed E-state index contributed by atoms with van der Waals surface area (Å²) in [5.74, 6) is -0.931. The van der Waals surface area contributed by atoms with E-state index < -0.39 is 31.9 Å². The summed E-state index contributed by atoms with van der Waals surface area (Å²) in [5, 5.41) is 0. The van der Waals surface area contributed by atoms with Crippen molar-refractivity contribution in [2.45, 2.75) is 13.0 Å². The third kappa shape index (κ3) is 9.85. The molecule has 0 saturated carbocycles. The highest BCUT2D eigenvalue weighted by atomic mass is 32.2. The topological polar surface area (TPSA) is 107 Å². The fourth-order valence-electron chi connectivity index (χ4n) is 1.67. The average molecular weight is 352 g/mol. The van der Waals surface area contributed by atoms with Crippen molar-refractivity contribution in [3.8, 4) is 0 Å². The maximum absolute atomic E-state index is 11.0. The summed E-state index contributed by atoms with van der Waals surface area (Å²) in [6.45, 7) is 0.255. The van der Waals surface area contributed by atoms with Crippen LogP contribution < -0.4 is 0 Å². The summed E-state index contributed by atoms with van der Waals surface area (Å²) >= 11 is 0. The predicted octanol–water partition coefficient (Wildman–Crippen LogP) is 1.07. The van der Waals surface area contributed by atoms with Crippen LogP contribution >= 0.6 is 0 Å². The lowest BCUT2D eigenvalue weighted by Gasteiger charge is -2.16. The average Bonchev–Trinajstić information content (AvgIpc) is 2.40. The number of hydrogen-bond acceptors (Lipinski definition) is 6. The molecule has 0 spiro atoms. The molecule has 0 saturated heterocycles. The zero-order valence-corrected chi connectivity index (χ0v) is 13.8. The van der Waals surface area contributed by atoms with Crippen LogP contribution in [0.3, 0.4) is 0 Å². The van der Waals surface area contributed by atoms with Crippen LogP contribution in [0, 0.1) is 5.92 Å². The Hall–Kier alpha value is -1.00. The molecule has 0 aliphatic carbocycles. The van der Waals surface area contributed by atoms with E-state index in [0.717, 1.165) is 11.8 Å². The molecule has 0 aromatic heterocycles. The Balaban J connectivity index is 2.49. The van der Waals surface area contributed by atoms with E-state index in [1.807, 2.05) is 30.3 Å². The molecule has 0 heterocycles. The van der Waals surface area contributed by atoms with Crippen LogP contribution in [0.1, 0.15) is 12.0 Å². The van der Waals surface area contributed by atoms with Crippen molar-refractivity contribution in [3.63, 3.8) is 0 Å². The second-order valence-electron chi connectivity index (χ2n) is 4.93. The van der Waals surface area contributed by atoms with Gasteiger partial charge in [0.25, 0.3) is 20.2 Å². The third-order valence-electron chi connectivity index (χ3n) is 2.77. The van der Waals surface area contributed by atoms with Crippen molar-refractivity contribution >= 4 is 20.2 Å². The molecule has 1 aromatic rings. The van der Waals surface area contributed by atoms with E-state index in [1.54, 1.807) is 0 Å². The summed E-state index contributed by atoms with van der Waals surface area (Å²) < 4.78 is 62.5. The molecule has 22 heavy (non-hydrogen) atoms. The normalized spacial score (nSPS) is 13.9. The maximum Gasteiger partial charge on any atom is 0.264 e. The van der Waals surface area contributed by atoms with E-state index >= 15 is 0 Å². The Morgan fingerprint density at radius 2 is 1.73 bits per heavy atom. The first-order valence-corrected chi connectivity index (χ1v) is 9.99. The molecule has 126 valence electrons. The molecule has 0 amide bonds. The monoisotopic (exact) mass is 352 g/mol. The summed E-state index contributed by atoms with van der Waals surface area (Å²) in [4.78, 5) is 0. The number of ether oxygens (including phenoxy) is 1. The largest absolute Gasteiger partial charge is 0.376 e. The van der Waals surface area contributed by atoms with Gasteiger partial charge in [-0.1, -0.05) is 30.3 Å². The molecule has 7 nitrogen and oxygen atoms in total. The SMILES string of the molecule is CS(=O)(=O)OCC(CCS(=O)(=O)O)COCc1ccccc1. The van der Waals surface area contributed by atoms with Gasteiger partial charge in [0.1, 0.15) is 0 Å². The minimum atomic E-state index is -4.11. The van der Waals surface area contributed by atoms with E-state index in [9.17, 15) is 16.8 Å². The highest BCUT2D eigenvalue weighted by Crippen LogP contribution is 2.10. The van der Waals surface area contributed by atoms with Gasteiger partial charge in [-0.2, -0.15) is 16.8 Å². The van der Waals surface area contributed by atoms with Gasteiger partial charge in [-0.3, -0.25) is 8.74 Å². The van der Waals surface area contributed by atoms with Crippen LogP contribution in [0.5, 0.6) is 0 Å². The first kappa shape index (κ1) is 19.0. The Morgan fingerprint density at radius 1 is 1.09 bits per heavy atom. The molecule has 0 fully saturated rings. The number of benzene rings is 1. The molecule has 1 unspecified atom stereocenters. The van der Waals surface area contributed by atoms with E-state index in [4.69, 9.17) is 9.29 Å². The summed E-state index contributed by atoms with van der Waals surface area (Å²) in [6.07, 6.45) is 0.959. The molecule has 0 aliphatic heterocycles. The summed E-state index contributed by atoms with van der Waals surface area (Å²) in [6, 6.07) is 9.35. The van der Waals surface area contributed by atoms with Gasteiger partial charge in [0, 0.05) is 5.92 Å². The quantitative estimate of drug-likeness (QED) is 0.496. The second kappa shape index (κ2) is 8.59. The Morgan fingerprint density at radius 3 is 2.27 bits per heavy atom. The lowest BCUT2D eigenvalue weighted by Crippen LogP contribution is -2.21. The van der Waals surface area contributed by atoms with Gasteiger partial charge in [0.15, 0.2) is 0 Å². The Kier molecular flexibility index (Phi) is 7.43. The van der Waals surface area contributed by atoms with Gasteiger partial charge in [0.05, 0.1) is 31.8 Å². The number of hydrogen-bond donors (Lipinski definition) is 1. The van der Waals surface area contributed by atoms with E-state index in [-0.39, 0.29) is 19.6 Å². The molecular weight excluding hydrogens is 332 g/mol. The fraction of sp³-hybridized carbons (Fsp3) is 0.538. The zero-order chi connectivity index (χ0) is 16.6. The summed E-state index contributed by atoms with van der Waals surface area (Å²) in [7, 11) is -7.73. The zero-order valence-electron chi connectivity index (χ0n) is 12.2. The minimum Gasteiger partial charge on any atom is -0.376 e. The first-order chi connectivity index (χ1) is 10.2. The molecule has 1 N–H and O–H groups in total. The maximum atomic E-state index is 11.0. The van der Waals surface area contributed by atoms with E-state index in [2.05, 4.69) is 4.18 Å². The van der Waals surface area contributed by atoms with Crippen molar-refractivity contribution < 1.29 is 30.3 Å². The van der Waals surface area contributed by atoms with Crippen LogP contribution in [-0.4, -0.2) is 46.6 Å². The lowest BCUT2D eigenvalue weighted by molar-refractivity contribution is 0.0678. The molecule has 1 rings (SSSR count). The standard InChI is InChI=1S/C13H20O7S2/c1-21(14,15)20-11-13(7-8-22(16,17)18)10-19-9-12-5-3-2-4-6-12/h2-6,13H,7-11H2,1H3,(H,16,17,18). The minimum absolute atomic E-state index is 0.0448. The van der Waals surface area contributed by atoms with Crippen LogP contribution in [0.15, 0.2) is 30.3 Å². The smallest absolute Gasteiger partial charge is 0.264 e. The molecule has 1 aromatic carbocycles. The predicted molar refractivity (Wildman–Crippen MR) is 81.4 cm³/mol. The molecule has 0 aliphatic rings. The Labute approximate surface area is 131 Å². The van der Waals surface area contributed by atoms with Gasteiger partial charge in [-0.05, 0) is 12.0 Å². The lowest BCUT2D eigenvalue weighted by atomic mass is 10.1. The first-order valence-electron chi connectivity index (χ1n) is 6.57. The van der Waals surface area contributed by atoms with Crippen molar-refractivity contribution in [2.75, 3.05) is 25.2 Å². The van der Waals surface area contributed by atoms with Crippen LogP contribution in [0.25, 0.3) is 0 Å².